The van der Waals surface area contributed by atoms with E-state index in [1.54, 1.807) is 0 Å². The second-order valence-electron chi connectivity index (χ2n) is 4.59. The van der Waals surface area contributed by atoms with Crippen LogP contribution in [0.1, 0.15) is 11.3 Å². The molecule has 0 radical (unpaired) electrons. The number of hydrogen-bond donors (Lipinski definition) is 2. The fraction of sp³-hybridized carbons (Fsp3) is 0.636. The lowest BCUT2D eigenvalue weighted by Crippen LogP contribution is -2.44. The number of rotatable bonds is 2. The zero-order valence-corrected chi connectivity index (χ0v) is 11.1. The van der Waals surface area contributed by atoms with Crippen molar-refractivity contribution in [3.8, 4) is 0 Å². The van der Waals surface area contributed by atoms with Gasteiger partial charge < -0.3 is 9.88 Å². The summed E-state index contributed by atoms with van der Waals surface area (Å²) in [7, 11) is 2.12. The molecule has 1 aromatic heterocycles. The van der Waals surface area contributed by atoms with Crippen LogP contribution in [-0.4, -0.2) is 53.0 Å². The van der Waals surface area contributed by atoms with Gasteiger partial charge in [0.05, 0.1) is 5.56 Å². The van der Waals surface area contributed by atoms with Crippen molar-refractivity contribution < 1.29 is 0 Å². The Kier molecular flexibility index (Phi) is 3.76. The number of hydrogen-bond acceptors (Lipinski definition) is 4. The van der Waals surface area contributed by atoms with E-state index in [0.29, 0.717) is 11.3 Å². The molecule has 6 heteroatoms. The van der Waals surface area contributed by atoms with Crippen LogP contribution < -0.4 is 5.56 Å². The summed E-state index contributed by atoms with van der Waals surface area (Å²) in [6.07, 6.45) is 0. The minimum Gasteiger partial charge on any atom is -0.336 e. The van der Waals surface area contributed by atoms with E-state index in [1.165, 1.54) is 0 Å². The van der Waals surface area contributed by atoms with E-state index in [-0.39, 0.29) is 5.56 Å². The van der Waals surface area contributed by atoms with Crippen molar-refractivity contribution in [2.24, 2.45) is 0 Å². The molecule has 2 rings (SSSR count). The van der Waals surface area contributed by atoms with E-state index >= 15 is 0 Å². The van der Waals surface area contributed by atoms with Crippen LogP contribution in [-0.2, 0) is 6.54 Å². The predicted octanol–water partition coefficient (Wildman–Crippen LogP) is 0.488. The third-order valence-corrected chi connectivity index (χ3v) is 3.44. The summed E-state index contributed by atoms with van der Waals surface area (Å²) < 4.78 is 0.398. The first-order chi connectivity index (χ1) is 8.06. The third kappa shape index (κ3) is 3.02. The first-order valence-electron chi connectivity index (χ1n) is 5.79. The normalized spacial score (nSPS) is 18.5. The van der Waals surface area contributed by atoms with Crippen LogP contribution in [0.3, 0.4) is 0 Å². The number of aromatic amines is 2. The molecule has 0 unspecified atom stereocenters. The SMILES string of the molecule is Cc1[nH]c(=S)[nH]c(=O)c1CN1CCN(C)CC1. The molecule has 0 atom stereocenters. The van der Waals surface area contributed by atoms with Crippen molar-refractivity contribution >= 4 is 12.2 Å². The topological polar surface area (TPSA) is 55.1 Å². The maximum absolute atomic E-state index is 11.8. The molecule has 5 nitrogen and oxygen atoms in total. The first-order valence-corrected chi connectivity index (χ1v) is 6.20. The Morgan fingerprint density at radius 2 is 1.88 bits per heavy atom. The fourth-order valence-electron chi connectivity index (χ4n) is 2.05. The average molecular weight is 254 g/mol. The number of aryl methyl sites for hydroxylation is 1. The molecule has 1 aliphatic heterocycles. The molecule has 2 heterocycles. The minimum absolute atomic E-state index is 0.0646. The Bertz CT molecular complexity index is 499. The maximum atomic E-state index is 11.8. The molecule has 0 saturated carbocycles. The van der Waals surface area contributed by atoms with Gasteiger partial charge in [-0.2, -0.15) is 0 Å². The fourth-order valence-corrected chi connectivity index (χ4v) is 2.29. The number of nitrogens with one attached hydrogen (secondary N) is 2. The van der Waals surface area contributed by atoms with Crippen molar-refractivity contribution in [1.29, 1.82) is 0 Å². The van der Waals surface area contributed by atoms with Crippen LogP contribution in [0.25, 0.3) is 0 Å². The third-order valence-electron chi connectivity index (χ3n) is 3.23. The van der Waals surface area contributed by atoms with Crippen molar-refractivity contribution in [3.05, 3.63) is 26.4 Å². The number of piperazine rings is 1. The second-order valence-corrected chi connectivity index (χ2v) is 5.00. The standard InChI is InChI=1S/C11H18N4OS/c1-8-9(10(16)13-11(17)12-8)7-15-5-3-14(2)4-6-15/h3-7H2,1-2H3,(H2,12,13,16,17). The van der Waals surface area contributed by atoms with E-state index in [9.17, 15) is 4.79 Å². The Labute approximate surface area is 105 Å². The van der Waals surface area contributed by atoms with Crippen molar-refractivity contribution in [1.82, 2.24) is 19.8 Å². The highest BCUT2D eigenvalue weighted by atomic mass is 32.1. The van der Waals surface area contributed by atoms with Crippen LogP contribution in [0.4, 0.5) is 0 Å². The molecular weight excluding hydrogens is 236 g/mol. The van der Waals surface area contributed by atoms with Gasteiger partial charge in [0.15, 0.2) is 4.77 Å². The van der Waals surface area contributed by atoms with E-state index in [4.69, 9.17) is 12.2 Å². The summed E-state index contributed by atoms with van der Waals surface area (Å²) in [5.41, 5.74) is 1.60. The van der Waals surface area contributed by atoms with Crippen LogP contribution in [0.5, 0.6) is 0 Å². The monoisotopic (exact) mass is 254 g/mol. The number of aromatic nitrogens is 2. The molecule has 0 amide bonds. The van der Waals surface area contributed by atoms with Crippen LogP contribution >= 0.6 is 12.2 Å². The van der Waals surface area contributed by atoms with Gasteiger partial charge in [-0.25, -0.2) is 0 Å². The minimum atomic E-state index is -0.0646. The summed E-state index contributed by atoms with van der Waals surface area (Å²) in [5, 5.41) is 0. The second kappa shape index (κ2) is 5.12. The van der Waals surface area contributed by atoms with Gasteiger partial charge in [0, 0.05) is 38.4 Å². The summed E-state index contributed by atoms with van der Waals surface area (Å²) in [6, 6.07) is 0. The molecule has 17 heavy (non-hydrogen) atoms. The van der Waals surface area contributed by atoms with Crippen molar-refractivity contribution in [3.63, 3.8) is 0 Å². The molecule has 1 aromatic rings. The number of H-pyrrole nitrogens is 2. The largest absolute Gasteiger partial charge is 0.336 e. The van der Waals surface area contributed by atoms with Crippen LogP contribution in [0.15, 0.2) is 4.79 Å². The highest BCUT2D eigenvalue weighted by Crippen LogP contribution is 2.06. The number of likely N-dealkylation sites (N-methyl/N-ethyl adjacent to an activating group) is 1. The molecule has 1 saturated heterocycles. The van der Waals surface area contributed by atoms with E-state index in [0.717, 1.165) is 37.4 Å². The number of nitrogens with zero attached hydrogens (tertiary/aromatic N) is 2. The van der Waals surface area contributed by atoms with Gasteiger partial charge in [-0.05, 0) is 26.2 Å². The molecule has 1 fully saturated rings. The summed E-state index contributed by atoms with van der Waals surface area (Å²) in [5.74, 6) is 0. The van der Waals surface area contributed by atoms with Crippen LogP contribution in [0.2, 0.25) is 0 Å². The predicted molar refractivity (Wildman–Crippen MR) is 69.8 cm³/mol. The van der Waals surface area contributed by atoms with E-state index in [2.05, 4.69) is 26.8 Å². The Morgan fingerprint density at radius 1 is 1.24 bits per heavy atom. The molecule has 0 spiro atoms. The highest BCUT2D eigenvalue weighted by molar-refractivity contribution is 7.71. The smallest absolute Gasteiger partial charge is 0.256 e. The first kappa shape index (κ1) is 12.5. The van der Waals surface area contributed by atoms with Gasteiger partial charge >= 0.3 is 0 Å². The summed E-state index contributed by atoms with van der Waals surface area (Å²) in [6.45, 7) is 6.72. The van der Waals surface area contributed by atoms with Gasteiger partial charge in [0.25, 0.3) is 5.56 Å². The Balaban J connectivity index is 2.14. The lowest BCUT2D eigenvalue weighted by atomic mass is 10.2. The summed E-state index contributed by atoms with van der Waals surface area (Å²) >= 11 is 4.94. The Morgan fingerprint density at radius 3 is 2.47 bits per heavy atom. The van der Waals surface area contributed by atoms with Crippen molar-refractivity contribution in [2.75, 3.05) is 33.2 Å². The van der Waals surface area contributed by atoms with Gasteiger partial charge in [-0.1, -0.05) is 0 Å². The summed E-state index contributed by atoms with van der Waals surface area (Å²) in [4.78, 5) is 22.1. The molecule has 94 valence electrons. The quantitative estimate of drug-likeness (QED) is 0.754. The van der Waals surface area contributed by atoms with Crippen LogP contribution in [0, 0.1) is 11.7 Å². The van der Waals surface area contributed by atoms with E-state index in [1.807, 2.05) is 6.92 Å². The van der Waals surface area contributed by atoms with Gasteiger partial charge in [-0.15, -0.1) is 0 Å². The zero-order valence-electron chi connectivity index (χ0n) is 10.2. The van der Waals surface area contributed by atoms with Gasteiger partial charge in [0.1, 0.15) is 0 Å². The highest BCUT2D eigenvalue weighted by Gasteiger charge is 2.16. The molecule has 0 aromatic carbocycles. The maximum Gasteiger partial charge on any atom is 0.256 e. The molecule has 0 aliphatic carbocycles. The lowest BCUT2D eigenvalue weighted by molar-refractivity contribution is 0.147. The lowest BCUT2D eigenvalue weighted by Gasteiger charge is -2.32. The zero-order chi connectivity index (χ0) is 12.4. The molecule has 1 aliphatic rings. The average Bonchev–Trinajstić information content (AvgIpc) is 2.26. The van der Waals surface area contributed by atoms with Gasteiger partial charge in [-0.3, -0.25) is 14.7 Å². The van der Waals surface area contributed by atoms with E-state index < -0.39 is 0 Å². The van der Waals surface area contributed by atoms with Gasteiger partial charge in [0.2, 0.25) is 0 Å². The Hall–Kier alpha value is -0.980. The van der Waals surface area contributed by atoms with Crippen molar-refractivity contribution in [2.45, 2.75) is 13.5 Å². The molecular formula is C11H18N4OS. The molecule has 0 bridgehead atoms. The molecule has 2 N–H and O–H groups in total.